The summed E-state index contributed by atoms with van der Waals surface area (Å²) < 4.78 is 0. The Balaban J connectivity index is 1.48. The lowest BCUT2D eigenvalue weighted by atomic mass is 9.81. The minimum Gasteiger partial charge on any atom is -0.324 e. The van der Waals surface area contributed by atoms with Crippen LogP contribution in [0.2, 0.25) is 0 Å². The van der Waals surface area contributed by atoms with Crippen LogP contribution in [0.5, 0.6) is 0 Å². The molecule has 2 unspecified atom stereocenters. The van der Waals surface area contributed by atoms with Crippen molar-refractivity contribution in [2.75, 3.05) is 5.32 Å². The molecule has 0 spiro atoms. The number of para-hydroxylation sites is 1. The molecule has 1 aliphatic heterocycles. The standard InChI is InChI=1S/C27H27N3O/c31-27(28-22-15-8-3-9-16-22)25-24-18-10-17-23(21-13-6-2-7-14-21)26(24)30(29-25)19-20-11-4-1-5-12-20/h1-9,11-16,23,25,29H,10,17-19H2,(H,28,31). The molecule has 0 fully saturated rings. The Hall–Kier alpha value is -3.37. The monoisotopic (exact) mass is 409 g/mol. The van der Waals surface area contributed by atoms with E-state index >= 15 is 0 Å². The highest BCUT2D eigenvalue weighted by atomic mass is 16.2. The topological polar surface area (TPSA) is 44.4 Å². The van der Waals surface area contributed by atoms with Crippen LogP contribution >= 0.6 is 0 Å². The Morgan fingerprint density at radius 2 is 1.55 bits per heavy atom. The highest BCUT2D eigenvalue weighted by Gasteiger charge is 2.41. The largest absolute Gasteiger partial charge is 0.324 e. The molecule has 5 rings (SSSR count). The number of nitrogens with one attached hydrogen (secondary N) is 2. The number of carbonyl (C=O) groups is 1. The predicted molar refractivity (Wildman–Crippen MR) is 124 cm³/mol. The van der Waals surface area contributed by atoms with Crippen molar-refractivity contribution >= 4 is 11.6 Å². The van der Waals surface area contributed by atoms with Crippen molar-refractivity contribution in [2.24, 2.45) is 0 Å². The molecule has 2 atom stereocenters. The molecule has 2 aliphatic rings. The first-order valence-electron chi connectivity index (χ1n) is 11.0. The van der Waals surface area contributed by atoms with Crippen molar-refractivity contribution in [1.82, 2.24) is 10.4 Å². The number of amides is 1. The van der Waals surface area contributed by atoms with E-state index in [2.05, 4.69) is 70.3 Å². The average molecular weight is 410 g/mol. The van der Waals surface area contributed by atoms with Gasteiger partial charge in [-0.25, -0.2) is 5.43 Å². The fourth-order valence-corrected chi connectivity index (χ4v) is 4.80. The molecule has 4 nitrogen and oxygen atoms in total. The van der Waals surface area contributed by atoms with Crippen molar-refractivity contribution < 1.29 is 4.79 Å². The van der Waals surface area contributed by atoms with Gasteiger partial charge in [0.1, 0.15) is 6.04 Å². The summed E-state index contributed by atoms with van der Waals surface area (Å²) in [6.07, 6.45) is 3.14. The van der Waals surface area contributed by atoms with Crippen LogP contribution < -0.4 is 10.7 Å². The van der Waals surface area contributed by atoms with Crippen LogP contribution in [-0.4, -0.2) is 17.0 Å². The molecular formula is C27H27N3O. The number of hydrogen-bond donors (Lipinski definition) is 2. The maximum absolute atomic E-state index is 13.3. The van der Waals surface area contributed by atoms with Gasteiger partial charge in [0.05, 0.1) is 6.54 Å². The number of rotatable bonds is 5. The Bertz CT molecular complexity index is 1060. The van der Waals surface area contributed by atoms with E-state index in [1.54, 1.807) is 0 Å². The van der Waals surface area contributed by atoms with E-state index in [4.69, 9.17) is 0 Å². The molecule has 0 bridgehead atoms. The third kappa shape index (κ3) is 4.12. The number of anilines is 1. The molecule has 156 valence electrons. The second-order valence-corrected chi connectivity index (χ2v) is 8.26. The predicted octanol–water partition coefficient (Wildman–Crippen LogP) is 5.24. The smallest absolute Gasteiger partial charge is 0.247 e. The molecule has 4 heteroatoms. The van der Waals surface area contributed by atoms with E-state index in [0.29, 0.717) is 5.92 Å². The van der Waals surface area contributed by atoms with Gasteiger partial charge in [0.25, 0.3) is 0 Å². The molecule has 0 aromatic heterocycles. The van der Waals surface area contributed by atoms with E-state index in [9.17, 15) is 4.79 Å². The molecule has 1 aliphatic carbocycles. The van der Waals surface area contributed by atoms with E-state index < -0.39 is 0 Å². The minimum absolute atomic E-state index is 0.00275. The summed E-state index contributed by atoms with van der Waals surface area (Å²) in [5, 5.41) is 5.31. The van der Waals surface area contributed by atoms with E-state index in [1.807, 2.05) is 36.4 Å². The number of carbonyl (C=O) groups excluding carboxylic acids is 1. The van der Waals surface area contributed by atoms with Gasteiger partial charge in [-0.2, -0.15) is 0 Å². The van der Waals surface area contributed by atoms with Gasteiger partial charge in [-0.1, -0.05) is 78.9 Å². The normalized spacial score (nSPS) is 20.5. The Morgan fingerprint density at radius 3 is 2.26 bits per heavy atom. The fourth-order valence-electron chi connectivity index (χ4n) is 4.80. The lowest BCUT2D eigenvalue weighted by Gasteiger charge is -2.31. The third-order valence-electron chi connectivity index (χ3n) is 6.21. The van der Waals surface area contributed by atoms with Crippen molar-refractivity contribution in [3.8, 4) is 0 Å². The van der Waals surface area contributed by atoms with Crippen LogP contribution in [-0.2, 0) is 11.3 Å². The van der Waals surface area contributed by atoms with Crippen LogP contribution in [0.3, 0.4) is 0 Å². The first-order valence-corrected chi connectivity index (χ1v) is 11.0. The third-order valence-corrected chi connectivity index (χ3v) is 6.21. The fraction of sp³-hybridized carbons (Fsp3) is 0.222. The van der Waals surface area contributed by atoms with Crippen LogP contribution in [0.25, 0.3) is 0 Å². The minimum atomic E-state index is -0.342. The lowest BCUT2D eigenvalue weighted by Crippen LogP contribution is -2.44. The van der Waals surface area contributed by atoms with Gasteiger partial charge in [0.15, 0.2) is 0 Å². The van der Waals surface area contributed by atoms with Gasteiger partial charge in [-0.05, 0) is 48.1 Å². The van der Waals surface area contributed by atoms with Crippen molar-refractivity contribution in [1.29, 1.82) is 0 Å². The van der Waals surface area contributed by atoms with Gasteiger partial charge >= 0.3 is 0 Å². The van der Waals surface area contributed by atoms with Crippen molar-refractivity contribution in [2.45, 2.75) is 37.8 Å². The van der Waals surface area contributed by atoms with Crippen LogP contribution in [0.4, 0.5) is 5.69 Å². The molecule has 0 saturated heterocycles. The van der Waals surface area contributed by atoms with Crippen molar-refractivity contribution in [3.63, 3.8) is 0 Å². The second-order valence-electron chi connectivity index (χ2n) is 8.26. The zero-order chi connectivity index (χ0) is 21.0. The maximum atomic E-state index is 13.3. The number of nitrogens with zero attached hydrogens (tertiary/aromatic N) is 1. The van der Waals surface area contributed by atoms with Crippen LogP contribution in [0, 0.1) is 0 Å². The molecule has 3 aromatic carbocycles. The second kappa shape index (κ2) is 8.78. The van der Waals surface area contributed by atoms with Gasteiger partial charge in [0, 0.05) is 17.3 Å². The average Bonchev–Trinajstić information content (AvgIpc) is 3.20. The van der Waals surface area contributed by atoms with Crippen LogP contribution in [0.1, 0.15) is 36.3 Å². The lowest BCUT2D eigenvalue weighted by molar-refractivity contribution is -0.117. The maximum Gasteiger partial charge on any atom is 0.247 e. The molecule has 31 heavy (non-hydrogen) atoms. The quantitative estimate of drug-likeness (QED) is 0.606. The Kier molecular flexibility index (Phi) is 5.55. The summed E-state index contributed by atoms with van der Waals surface area (Å²) in [6, 6.07) is 30.5. The summed E-state index contributed by atoms with van der Waals surface area (Å²) in [6.45, 7) is 0.734. The number of hydrogen-bond acceptors (Lipinski definition) is 3. The molecule has 3 aromatic rings. The van der Waals surface area contributed by atoms with Gasteiger partial charge in [-0.3, -0.25) is 4.79 Å². The highest BCUT2D eigenvalue weighted by molar-refractivity contribution is 5.97. The molecule has 0 saturated carbocycles. The molecule has 1 amide bonds. The molecular weight excluding hydrogens is 382 g/mol. The summed E-state index contributed by atoms with van der Waals surface area (Å²) in [4.78, 5) is 13.3. The SMILES string of the molecule is O=C(Nc1ccccc1)C1NN(Cc2ccccc2)C2=C1CCCC2c1ccccc1. The van der Waals surface area contributed by atoms with Gasteiger partial charge < -0.3 is 10.3 Å². The number of allylic oxidation sites excluding steroid dienone is 1. The van der Waals surface area contributed by atoms with Gasteiger partial charge in [0.2, 0.25) is 5.91 Å². The summed E-state index contributed by atoms with van der Waals surface area (Å²) in [5.41, 5.74) is 9.42. The van der Waals surface area contributed by atoms with E-state index in [0.717, 1.165) is 31.5 Å². The Morgan fingerprint density at radius 1 is 0.903 bits per heavy atom. The van der Waals surface area contributed by atoms with E-state index in [-0.39, 0.29) is 11.9 Å². The summed E-state index contributed by atoms with van der Waals surface area (Å²) >= 11 is 0. The zero-order valence-electron chi connectivity index (χ0n) is 17.5. The summed E-state index contributed by atoms with van der Waals surface area (Å²) in [5.74, 6) is 0.304. The highest BCUT2D eigenvalue weighted by Crippen LogP contribution is 2.43. The van der Waals surface area contributed by atoms with Crippen molar-refractivity contribution in [3.05, 3.63) is 113 Å². The molecule has 2 N–H and O–H groups in total. The van der Waals surface area contributed by atoms with E-state index in [1.165, 1.54) is 22.4 Å². The number of hydrazine groups is 1. The Labute approximate surface area is 183 Å². The number of benzene rings is 3. The molecule has 1 heterocycles. The van der Waals surface area contributed by atoms with Crippen LogP contribution in [0.15, 0.2) is 102 Å². The molecule has 0 radical (unpaired) electrons. The zero-order valence-corrected chi connectivity index (χ0v) is 17.5. The summed E-state index contributed by atoms with van der Waals surface area (Å²) in [7, 11) is 0. The first kappa shape index (κ1) is 19.6. The van der Waals surface area contributed by atoms with Gasteiger partial charge in [-0.15, -0.1) is 0 Å². The first-order chi connectivity index (χ1) is 15.3.